The van der Waals surface area contributed by atoms with E-state index in [4.69, 9.17) is 21.1 Å². The molecule has 2 heterocycles. The van der Waals surface area contributed by atoms with Crippen molar-refractivity contribution in [1.82, 2.24) is 14.8 Å². The minimum Gasteiger partial charge on any atom is -0.484 e. The van der Waals surface area contributed by atoms with Crippen molar-refractivity contribution in [2.75, 3.05) is 18.2 Å². The predicted octanol–water partition coefficient (Wildman–Crippen LogP) is 5.59. The van der Waals surface area contributed by atoms with Crippen LogP contribution in [0.2, 0.25) is 5.02 Å². The number of fused-ring (bicyclic) bond motifs is 1. The Kier molecular flexibility index (Phi) is 8.92. The number of thiophene rings is 1. The lowest BCUT2D eigenvalue weighted by Crippen LogP contribution is -2.16. The molecule has 0 aliphatic heterocycles. The molecule has 1 aliphatic rings. The summed E-state index contributed by atoms with van der Waals surface area (Å²) in [5, 5.41) is 13.0. The van der Waals surface area contributed by atoms with E-state index in [0.717, 1.165) is 43.2 Å². The number of carbonyl (C=O) groups excluding carboxylic acids is 2. The Morgan fingerprint density at radius 2 is 1.97 bits per heavy atom. The molecule has 0 radical (unpaired) electrons. The highest BCUT2D eigenvalue weighted by atomic mass is 35.5. The minimum atomic E-state index is -0.400. The van der Waals surface area contributed by atoms with Gasteiger partial charge in [0.15, 0.2) is 11.0 Å². The number of esters is 1. The summed E-state index contributed by atoms with van der Waals surface area (Å²) in [6.07, 6.45) is 6.21. The van der Waals surface area contributed by atoms with Crippen molar-refractivity contribution >= 4 is 51.6 Å². The highest BCUT2D eigenvalue weighted by Crippen LogP contribution is 2.37. The molecule has 3 aromatic rings. The monoisotopic (exact) mass is 548 g/mol. The van der Waals surface area contributed by atoms with Crippen molar-refractivity contribution in [2.45, 2.75) is 57.2 Å². The molecule has 0 unspecified atom stereocenters. The van der Waals surface area contributed by atoms with Gasteiger partial charge in [0.2, 0.25) is 5.91 Å². The molecule has 36 heavy (non-hydrogen) atoms. The number of nitrogens with one attached hydrogen (secondary N) is 1. The SMILES string of the molecule is COC(=O)c1c(NC(=O)CSc2nnc(COc3cc(C)ccc3Cl)n2C)sc2c1CCCCCC2. The number of benzene rings is 1. The van der Waals surface area contributed by atoms with Crippen LogP contribution >= 0.6 is 34.7 Å². The summed E-state index contributed by atoms with van der Waals surface area (Å²) < 4.78 is 12.7. The minimum absolute atomic E-state index is 0.125. The number of anilines is 1. The van der Waals surface area contributed by atoms with Crippen LogP contribution in [0.25, 0.3) is 0 Å². The van der Waals surface area contributed by atoms with Crippen molar-refractivity contribution in [3.63, 3.8) is 0 Å². The quantitative estimate of drug-likeness (QED) is 0.289. The standard InChI is InChI=1S/C25H29ClN4O4S2/c1-15-10-11-17(26)18(12-15)34-13-20-28-29-25(30(20)2)35-14-21(31)27-23-22(24(32)33-3)16-8-6-4-5-7-9-19(16)36-23/h10-12H,4-9,13-14H2,1-3H3,(H,27,31). The molecule has 0 atom stereocenters. The average Bonchev–Trinajstić information content (AvgIpc) is 3.36. The van der Waals surface area contributed by atoms with Crippen LogP contribution in [0.1, 0.15) is 57.9 Å². The van der Waals surface area contributed by atoms with Crippen LogP contribution in [0.4, 0.5) is 5.00 Å². The number of ether oxygens (including phenoxy) is 2. The average molecular weight is 549 g/mol. The van der Waals surface area contributed by atoms with Crippen LogP contribution in [0.5, 0.6) is 5.75 Å². The highest BCUT2D eigenvalue weighted by molar-refractivity contribution is 7.99. The first-order chi connectivity index (χ1) is 17.4. The van der Waals surface area contributed by atoms with Gasteiger partial charge in [0, 0.05) is 11.9 Å². The summed E-state index contributed by atoms with van der Waals surface area (Å²) in [6.45, 7) is 2.16. The van der Waals surface area contributed by atoms with Crippen LogP contribution in [0.15, 0.2) is 23.4 Å². The molecule has 4 rings (SSSR count). The number of carbonyl (C=O) groups is 2. The number of hydrogen-bond acceptors (Lipinski definition) is 8. The fourth-order valence-electron chi connectivity index (χ4n) is 4.08. The maximum atomic E-state index is 12.8. The fraction of sp³-hybridized carbons (Fsp3) is 0.440. The molecule has 2 aromatic heterocycles. The van der Waals surface area contributed by atoms with Crippen molar-refractivity contribution < 1.29 is 19.1 Å². The predicted molar refractivity (Wildman–Crippen MR) is 142 cm³/mol. The summed E-state index contributed by atoms with van der Waals surface area (Å²) in [4.78, 5) is 26.6. The number of rotatable bonds is 8. The molecule has 0 bridgehead atoms. The largest absolute Gasteiger partial charge is 0.484 e. The Balaban J connectivity index is 1.39. The molecule has 0 saturated carbocycles. The van der Waals surface area contributed by atoms with Gasteiger partial charge in [-0.2, -0.15) is 0 Å². The molecule has 1 N–H and O–H groups in total. The van der Waals surface area contributed by atoms with E-state index in [1.54, 1.807) is 10.6 Å². The van der Waals surface area contributed by atoms with Gasteiger partial charge in [0.05, 0.1) is 23.4 Å². The van der Waals surface area contributed by atoms with Gasteiger partial charge in [-0.3, -0.25) is 4.79 Å². The van der Waals surface area contributed by atoms with E-state index in [0.29, 0.717) is 32.3 Å². The zero-order valence-corrected chi connectivity index (χ0v) is 22.9. The lowest BCUT2D eigenvalue weighted by molar-refractivity contribution is -0.113. The van der Waals surface area contributed by atoms with E-state index in [1.165, 1.54) is 41.5 Å². The van der Waals surface area contributed by atoms with Crippen molar-refractivity contribution in [3.05, 3.63) is 50.6 Å². The lowest BCUT2D eigenvalue weighted by Gasteiger charge is -2.11. The highest BCUT2D eigenvalue weighted by Gasteiger charge is 2.26. The number of thioether (sulfide) groups is 1. The van der Waals surface area contributed by atoms with Crippen LogP contribution < -0.4 is 10.1 Å². The van der Waals surface area contributed by atoms with Gasteiger partial charge in [-0.25, -0.2) is 4.79 Å². The van der Waals surface area contributed by atoms with Crippen LogP contribution in [0.3, 0.4) is 0 Å². The third-order valence-corrected chi connectivity index (χ3v) is 8.55. The number of hydrogen-bond donors (Lipinski definition) is 1. The number of nitrogens with zero attached hydrogens (tertiary/aromatic N) is 3. The Morgan fingerprint density at radius 3 is 2.75 bits per heavy atom. The third-order valence-electron chi connectivity index (χ3n) is 6.01. The molecule has 1 aromatic carbocycles. The Morgan fingerprint density at radius 1 is 1.19 bits per heavy atom. The molecule has 192 valence electrons. The molecule has 0 spiro atoms. The first-order valence-corrected chi connectivity index (χ1v) is 14.0. The second-order valence-electron chi connectivity index (χ2n) is 8.63. The third kappa shape index (κ3) is 6.22. The molecular weight excluding hydrogens is 520 g/mol. The van der Waals surface area contributed by atoms with E-state index in [9.17, 15) is 9.59 Å². The maximum Gasteiger partial charge on any atom is 0.341 e. The normalized spacial score (nSPS) is 13.4. The first kappa shape index (κ1) is 26.5. The zero-order valence-electron chi connectivity index (χ0n) is 20.6. The number of aromatic nitrogens is 3. The molecule has 1 amide bonds. The molecule has 0 fully saturated rings. The van der Waals surface area contributed by atoms with Gasteiger partial charge in [0.25, 0.3) is 0 Å². The second kappa shape index (κ2) is 12.1. The van der Waals surface area contributed by atoms with Crippen LogP contribution in [-0.4, -0.2) is 39.5 Å². The Bertz CT molecular complexity index is 1260. The smallest absolute Gasteiger partial charge is 0.341 e. The van der Waals surface area contributed by atoms with Crippen LogP contribution in [0, 0.1) is 6.92 Å². The van der Waals surface area contributed by atoms with Crippen molar-refractivity contribution in [2.24, 2.45) is 7.05 Å². The van der Waals surface area contributed by atoms with E-state index >= 15 is 0 Å². The topological polar surface area (TPSA) is 95.3 Å². The summed E-state index contributed by atoms with van der Waals surface area (Å²) in [5.74, 6) is 0.704. The van der Waals surface area contributed by atoms with Gasteiger partial charge in [-0.15, -0.1) is 21.5 Å². The maximum absolute atomic E-state index is 12.8. The Hall–Kier alpha value is -2.56. The lowest BCUT2D eigenvalue weighted by atomic mass is 9.96. The second-order valence-corrected chi connectivity index (χ2v) is 11.1. The van der Waals surface area contributed by atoms with Crippen molar-refractivity contribution in [3.8, 4) is 5.75 Å². The summed E-state index contributed by atoms with van der Waals surface area (Å²) in [6, 6.07) is 5.58. The molecule has 11 heteroatoms. The van der Waals surface area contributed by atoms with Crippen molar-refractivity contribution in [1.29, 1.82) is 0 Å². The van der Waals surface area contributed by atoms with E-state index in [2.05, 4.69) is 15.5 Å². The van der Waals surface area contributed by atoms with E-state index < -0.39 is 5.97 Å². The summed E-state index contributed by atoms with van der Waals surface area (Å²) in [5.41, 5.74) is 2.58. The molecular formula is C25H29ClN4O4S2. The number of amides is 1. The first-order valence-electron chi connectivity index (χ1n) is 11.8. The summed E-state index contributed by atoms with van der Waals surface area (Å²) in [7, 11) is 3.20. The van der Waals surface area contributed by atoms with Gasteiger partial charge in [-0.1, -0.05) is 42.3 Å². The molecule has 8 nitrogen and oxygen atoms in total. The number of methoxy groups -OCH3 is 1. The van der Waals surface area contributed by atoms with Gasteiger partial charge < -0.3 is 19.4 Å². The summed E-state index contributed by atoms with van der Waals surface area (Å²) >= 11 is 8.96. The van der Waals surface area contributed by atoms with Crippen LogP contribution in [-0.2, 0) is 36.0 Å². The fourth-order valence-corrected chi connectivity index (χ4v) is 6.27. The number of aryl methyl sites for hydroxylation is 2. The van der Waals surface area contributed by atoms with Gasteiger partial charge in [-0.05, 0) is 55.9 Å². The Labute approximate surface area is 223 Å². The van der Waals surface area contributed by atoms with E-state index in [1.807, 2.05) is 26.1 Å². The molecule has 0 saturated heterocycles. The van der Waals surface area contributed by atoms with E-state index in [-0.39, 0.29) is 18.3 Å². The van der Waals surface area contributed by atoms with Gasteiger partial charge in [0.1, 0.15) is 17.4 Å². The molecule has 1 aliphatic carbocycles. The number of halogens is 1. The van der Waals surface area contributed by atoms with Gasteiger partial charge >= 0.3 is 5.97 Å². The zero-order chi connectivity index (χ0) is 25.7.